The van der Waals surface area contributed by atoms with Crippen LogP contribution in [0.2, 0.25) is 0 Å². The van der Waals surface area contributed by atoms with Crippen molar-refractivity contribution in [3.8, 4) is 5.75 Å². The van der Waals surface area contributed by atoms with Crippen molar-refractivity contribution in [2.45, 2.75) is 20.1 Å². The molecule has 4 nitrogen and oxygen atoms in total. The van der Waals surface area contributed by atoms with Crippen molar-refractivity contribution in [1.29, 1.82) is 0 Å². The predicted molar refractivity (Wildman–Crippen MR) is 81.1 cm³/mol. The molecule has 0 aliphatic heterocycles. The highest BCUT2D eigenvalue weighted by Gasteiger charge is 2.16. The van der Waals surface area contributed by atoms with Crippen molar-refractivity contribution in [3.63, 3.8) is 0 Å². The van der Waals surface area contributed by atoms with Gasteiger partial charge in [-0.05, 0) is 36.8 Å². The average molecular weight is 283 g/mol. The van der Waals surface area contributed by atoms with Crippen LogP contribution in [-0.4, -0.2) is 16.7 Å². The quantitative estimate of drug-likeness (QED) is 0.706. The molecule has 0 fully saturated rings. The molecule has 0 radical (unpaired) electrons. The van der Waals surface area contributed by atoms with Crippen LogP contribution < -0.4 is 9.30 Å². The maximum atomic E-state index is 9.48. The van der Waals surface area contributed by atoms with Gasteiger partial charge in [-0.25, -0.2) is 9.55 Å². The number of fused-ring (bicyclic) bond motifs is 1. The van der Waals surface area contributed by atoms with Gasteiger partial charge in [-0.15, -0.1) is 0 Å². The summed E-state index contributed by atoms with van der Waals surface area (Å²) in [5.41, 5.74) is 3.29. The fourth-order valence-corrected chi connectivity index (χ4v) is 2.52. The van der Waals surface area contributed by atoms with E-state index in [1.807, 2.05) is 55.5 Å². The van der Waals surface area contributed by atoms with E-state index in [4.69, 9.17) is 4.74 Å². The summed E-state index contributed by atoms with van der Waals surface area (Å²) in [5.74, 6) is 1.67. The molecule has 0 atom stereocenters. The Hall–Kier alpha value is -2.33. The van der Waals surface area contributed by atoms with E-state index in [2.05, 4.69) is 9.55 Å². The summed E-state index contributed by atoms with van der Waals surface area (Å²) >= 11 is 0. The summed E-state index contributed by atoms with van der Waals surface area (Å²) in [6, 6.07) is 16.0. The smallest absolute Gasteiger partial charge is 0.281 e. The summed E-state index contributed by atoms with van der Waals surface area (Å²) in [5, 5.41) is 9.48. The Morgan fingerprint density at radius 1 is 1.14 bits per heavy atom. The van der Waals surface area contributed by atoms with Crippen LogP contribution in [-0.2, 0) is 13.2 Å². The minimum atomic E-state index is -0.0148. The molecule has 0 bridgehead atoms. The minimum absolute atomic E-state index is 0.0148. The number of hydrogen-bond acceptors (Lipinski definition) is 2. The van der Waals surface area contributed by atoms with Crippen LogP contribution in [0.1, 0.15) is 11.4 Å². The molecule has 0 saturated heterocycles. The molecule has 3 rings (SSSR count). The molecule has 3 aromatic rings. The minimum Gasteiger partial charge on any atom is -0.489 e. The van der Waals surface area contributed by atoms with Gasteiger partial charge in [0.2, 0.25) is 0 Å². The van der Waals surface area contributed by atoms with Crippen molar-refractivity contribution in [2.75, 3.05) is 6.61 Å². The molecule has 0 spiro atoms. The second-order valence-electron chi connectivity index (χ2n) is 5.06. The fraction of sp³-hybridized carbons (Fsp3) is 0.235. The topological polar surface area (TPSA) is 49.1 Å². The summed E-state index contributed by atoms with van der Waals surface area (Å²) in [6.45, 7) is 3.28. The number of para-hydroxylation sites is 2. The number of nitrogens with zero attached hydrogens (tertiary/aromatic N) is 1. The van der Waals surface area contributed by atoms with Gasteiger partial charge in [0.1, 0.15) is 25.5 Å². The maximum absolute atomic E-state index is 9.48. The second kappa shape index (κ2) is 5.97. The molecule has 1 heterocycles. The molecular weight excluding hydrogens is 264 g/mol. The second-order valence-corrected chi connectivity index (χ2v) is 5.06. The third-order valence-corrected chi connectivity index (χ3v) is 3.52. The van der Waals surface area contributed by atoms with Gasteiger partial charge in [-0.1, -0.05) is 24.3 Å². The van der Waals surface area contributed by atoms with Crippen molar-refractivity contribution in [3.05, 3.63) is 59.9 Å². The average Bonchev–Trinajstić information content (AvgIpc) is 2.86. The first-order chi connectivity index (χ1) is 10.3. The lowest BCUT2D eigenvalue weighted by molar-refractivity contribution is -0.681. The van der Waals surface area contributed by atoms with Crippen LogP contribution in [0.3, 0.4) is 0 Å². The Labute approximate surface area is 123 Å². The lowest BCUT2D eigenvalue weighted by atomic mass is 10.2. The van der Waals surface area contributed by atoms with Gasteiger partial charge < -0.3 is 9.84 Å². The number of benzene rings is 2. The molecule has 108 valence electrons. The van der Waals surface area contributed by atoms with E-state index in [1.165, 1.54) is 5.56 Å². The number of H-pyrrole nitrogens is 1. The van der Waals surface area contributed by atoms with Gasteiger partial charge in [0, 0.05) is 0 Å². The Morgan fingerprint density at radius 2 is 2.00 bits per heavy atom. The summed E-state index contributed by atoms with van der Waals surface area (Å²) in [4.78, 5) is 3.23. The molecule has 1 aromatic heterocycles. The van der Waals surface area contributed by atoms with Gasteiger partial charge in [0.25, 0.3) is 5.82 Å². The SMILES string of the molecule is Cc1cccc(OCC[n+]2c(CO)[nH]c3ccccc32)c1. The van der Waals surface area contributed by atoms with E-state index < -0.39 is 0 Å². The Bertz CT molecular complexity index is 749. The largest absolute Gasteiger partial charge is 0.489 e. The van der Waals surface area contributed by atoms with Crippen LogP contribution in [0.5, 0.6) is 5.75 Å². The number of aromatic amines is 1. The monoisotopic (exact) mass is 283 g/mol. The van der Waals surface area contributed by atoms with Crippen molar-refractivity contribution < 1.29 is 14.4 Å². The van der Waals surface area contributed by atoms with E-state index >= 15 is 0 Å². The van der Waals surface area contributed by atoms with Gasteiger partial charge in [0.05, 0.1) is 0 Å². The molecule has 0 amide bonds. The molecule has 4 heteroatoms. The fourth-order valence-electron chi connectivity index (χ4n) is 2.52. The maximum Gasteiger partial charge on any atom is 0.281 e. The van der Waals surface area contributed by atoms with Crippen molar-refractivity contribution >= 4 is 11.0 Å². The predicted octanol–water partition coefficient (Wildman–Crippen LogP) is 2.34. The first kappa shape index (κ1) is 13.6. The standard InChI is InChI=1S/C17H18N2O2/c1-13-5-4-6-14(11-13)21-10-9-19-16-8-3-2-7-15(16)18-17(19)12-20/h2-8,11,20H,9-10,12H2,1H3/p+1. The number of hydrogen-bond donors (Lipinski definition) is 2. The third-order valence-electron chi connectivity index (χ3n) is 3.52. The zero-order chi connectivity index (χ0) is 14.7. The molecule has 0 saturated carbocycles. The molecular formula is C17H19N2O2+. The Balaban J connectivity index is 1.75. The number of rotatable bonds is 5. The van der Waals surface area contributed by atoms with E-state index in [0.717, 1.165) is 22.6 Å². The number of imidazole rings is 1. The summed E-state index contributed by atoms with van der Waals surface area (Å²) in [6.07, 6.45) is 0. The molecule has 2 N–H and O–H groups in total. The lowest BCUT2D eigenvalue weighted by Crippen LogP contribution is -2.39. The highest BCUT2D eigenvalue weighted by molar-refractivity contribution is 5.70. The number of nitrogens with one attached hydrogen (secondary N) is 1. The number of aliphatic hydroxyl groups excluding tert-OH is 1. The highest BCUT2D eigenvalue weighted by atomic mass is 16.5. The van der Waals surface area contributed by atoms with Gasteiger partial charge >= 0.3 is 0 Å². The number of aryl methyl sites for hydroxylation is 1. The van der Waals surface area contributed by atoms with Crippen LogP contribution in [0.15, 0.2) is 48.5 Å². The molecule has 0 aliphatic rings. The van der Waals surface area contributed by atoms with Gasteiger partial charge in [0.15, 0.2) is 11.0 Å². The van der Waals surface area contributed by atoms with Crippen LogP contribution >= 0.6 is 0 Å². The van der Waals surface area contributed by atoms with Gasteiger partial charge in [-0.3, -0.25) is 0 Å². The first-order valence-electron chi connectivity index (χ1n) is 7.07. The number of aliphatic hydroxyl groups is 1. The zero-order valence-electron chi connectivity index (χ0n) is 12.0. The molecule has 0 unspecified atom stereocenters. The number of ether oxygens (including phenoxy) is 1. The Kier molecular flexibility index (Phi) is 3.88. The summed E-state index contributed by atoms with van der Waals surface area (Å²) < 4.78 is 7.85. The van der Waals surface area contributed by atoms with Crippen molar-refractivity contribution in [1.82, 2.24) is 4.98 Å². The van der Waals surface area contributed by atoms with Crippen molar-refractivity contribution in [2.24, 2.45) is 0 Å². The molecule has 21 heavy (non-hydrogen) atoms. The van der Waals surface area contributed by atoms with E-state index in [9.17, 15) is 5.11 Å². The number of aromatic nitrogens is 2. The third kappa shape index (κ3) is 2.90. The van der Waals surface area contributed by atoms with Crippen LogP contribution in [0.4, 0.5) is 0 Å². The normalized spacial score (nSPS) is 11.0. The Morgan fingerprint density at radius 3 is 2.81 bits per heavy atom. The van der Waals surface area contributed by atoms with E-state index in [0.29, 0.717) is 13.2 Å². The molecule has 2 aromatic carbocycles. The van der Waals surface area contributed by atoms with E-state index in [1.54, 1.807) is 0 Å². The lowest BCUT2D eigenvalue weighted by Gasteiger charge is -2.06. The van der Waals surface area contributed by atoms with Crippen LogP contribution in [0.25, 0.3) is 11.0 Å². The van der Waals surface area contributed by atoms with E-state index in [-0.39, 0.29) is 6.61 Å². The van der Waals surface area contributed by atoms with Gasteiger partial charge in [-0.2, -0.15) is 0 Å². The summed E-state index contributed by atoms with van der Waals surface area (Å²) in [7, 11) is 0. The van der Waals surface area contributed by atoms with Crippen LogP contribution in [0, 0.1) is 6.92 Å². The highest BCUT2D eigenvalue weighted by Crippen LogP contribution is 2.13. The molecule has 0 aliphatic carbocycles. The zero-order valence-corrected chi connectivity index (χ0v) is 12.0. The first-order valence-corrected chi connectivity index (χ1v) is 7.07.